The van der Waals surface area contributed by atoms with Crippen LogP contribution in [0.1, 0.15) is 38.2 Å². The van der Waals surface area contributed by atoms with Gasteiger partial charge in [-0.2, -0.15) is 0 Å². The summed E-state index contributed by atoms with van der Waals surface area (Å²) in [6.07, 6.45) is 1.85. The summed E-state index contributed by atoms with van der Waals surface area (Å²) in [5, 5.41) is 9.22. The monoisotopic (exact) mass is 261 g/mol. The molecule has 2 unspecified atom stereocenters. The van der Waals surface area contributed by atoms with Gasteiger partial charge in [-0.25, -0.2) is 0 Å². The van der Waals surface area contributed by atoms with Gasteiger partial charge in [0.05, 0.1) is 5.41 Å². The number of carboxylic acids is 1. The molecule has 1 aliphatic heterocycles. The SMILES string of the molecule is CC(CCN1CCC(C)(C(=O)O)C1)c1ccccc1. The van der Waals surface area contributed by atoms with Gasteiger partial charge in [0.1, 0.15) is 0 Å². The predicted molar refractivity (Wildman–Crippen MR) is 76.3 cm³/mol. The largest absolute Gasteiger partial charge is 0.481 e. The van der Waals surface area contributed by atoms with Crippen molar-refractivity contribution in [1.82, 2.24) is 4.90 Å². The van der Waals surface area contributed by atoms with Crippen LogP contribution in [0.5, 0.6) is 0 Å². The van der Waals surface area contributed by atoms with Crippen LogP contribution in [-0.2, 0) is 4.79 Å². The van der Waals surface area contributed by atoms with Gasteiger partial charge in [-0.15, -0.1) is 0 Å². The third-order valence-electron chi connectivity index (χ3n) is 4.32. The fraction of sp³-hybridized carbons (Fsp3) is 0.562. The number of likely N-dealkylation sites (tertiary alicyclic amines) is 1. The molecule has 2 rings (SSSR count). The minimum absolute atomic E-state index is 0.526. The van der Waals surface area contributed by atoms with Crippen LogP contribution in [0, 0.1) is 5.41 Å². The molecule has 0 amide bonds. The lowest BCUT2D eigenvalue weighted by Crippen LogP contribution is -2.32. The molecule has 1 aliphatic rings. The molecule has 19 heavy (non-hydrogen) atoms. The third kappa shape index (κ3) is 3.35. The van der Waals surface area contributed by atoms with Crippen LogP contribution >= 0.6 is 0 Å². The maximum Gasteiger partial charge on any atom is 0.310 e. The lowest BCUT2D eigenvalue weighted by atomic mass is 9.90. The van der Waals surface area contributed by atoms with Crippen molar-refractivity contribution in [2.45, 2.75) is 32.6 Å². The molecule has 3 nitrogen and oxygen atoms in total. The molecule has 104 valence electrons. The van der Waals surface area contributed by atoms with E-state index in [0.717, 1.165) is 25.9 Å². The zero-order chi connectivity index (χ0) is 13.9. The summed E-state index contributed by atoms with van der Waals surface area (Å²) in [4.78, 5) is 13.5. The Balaban J connectivity index is 1.83. The Kier molecular flexibility index (Phi) is 4.25. The molecule has 3 heteroatoms. The Morgan fingerprint density at radius 1 is 1.42 bits per heavy atom. The lowest BCUT2D eigenvalue weighted by Gasteiger charge is -2.21. The fourth-order valence-corrected chi connectivity index (χ4v) is 2.75. The van der Waals surface area contributed by atoms with E-state index in [1.807, 2.05) is 13.0 Å². The first-order valence-corrected chi connectivity index (χ1v) is 7.02. The smallest absolute Gasteiger partial charge is 0.310 e. The zero-order valence-electron chi connectivity index (χ0n) is 11.8. The van der Waals surface area contributed by atoms with E-state index in [-0.39, 0.29) is 0 Å². The Bertz CT molecular complexity index is 432. The maximum absolute atomic E-state index is 11.2. The van der Waals surface area contributed by atoms with Crippen molar-refractivity contribution in [2.24, 2.45) is 5.41 Å². The molecule has 0 aliphatic carbocycles. The molecular formula is C16H23NO2. The normalized spacial score (nSPS) is 25.4. The van der Waals surface area contributed by atoms with Crippen molar-refractivity contribution < 1.29 is 9.90 Å². The number of carboxylic acid groups (broad SMARTS) is 1. The second-order valence-electron chi connectivity index (χ2n) is 5.99. The molecule has 1 fully saturated rings. The molecular weight excluding hydrogens is 238 g/mol. The highest BCUT2D eigenvalue weighted by Crippen LogP contribution is 2.31. The summed E-state index contributed by atoms with van der Waals surface area (Å²) >= 11 is 0. The number of nitrogens with zero attached hydrogens (tertiary/aromatic N) is 1. The highest BCUT2D eigenvalue weighted by Gasteiger charge is 2.40. The summed E-state index contributed by atoms with van der Waals surface area (Å²) in [5.41, 5.74) is 0.818. The predicted octanol–water partition coefficient (Wildman–Crippen LogP) is 2.98. The van der Waals surface area contributed by atoms with Crippen LogP contribution in [0.3, 0.4) is 0 Å². The van der Waals surface area contributed by atoms with E-state index in [1.54, 1.807) is 0 Å². The van der Waals surface area contributed by atoms with Gasteiger partial charge in [-0.1, -0.05) is 37.3 Å². The molecule has 1 aromatic rings. The average molecular weight is 261 g/mol. The Morgan fingerprint density at radius 2 is 2.11 bits per heavy atom. The van der Waals surface area contributed by atoms with Gasteiger partial charge in [-0.3, -0.25) is 4.79 Å². The fourth-order valence-electron chi connectivity index (χ4n) is 2.75. The third-order valence-corrected chi connectivity index (χ3v) is 4.32. The summed E-state index contributed by atoms with van der Waals surface area (Å²) < 4.78 is 0. The number of hydrogen-bond donors (Lipinski definition) is 1. The van der Waals surface area contributed by atoms with E-state index in [2.05, 4.69) is 36.1 Å². The van der Waals surface area contributed by atoms with Gasteiger partial charge in [0.15, 0.2) is 0 Å². The van der Waals surface area contributed by atoms with E-state index in [0.29, 0.717) is 12.5 Å². The van der Waals surface area contributed by atoms with Crippen LogP contribution in [0.2, 0.25) is 0 Å². The molecule has 1 saturated heterocycles. The highest BCUT2D eigenvalue weighted by molar-refractivity contribution is 5.74. The topological polar surface area (TPSA) is 40.5 Å². The highest BCUT2D eigenvalue weighted by atomic mass is 16.4. The minimum atomic E-state index is -0.661. The number of carbonyl (C=O) groups is 1. The first kappa shape index (κ1) is 14.1. The number of aliphatic carboxylic acids is 1. The Morgan fingerprint density at radius 3 is 2.68 bits per heavy atom. The molecule has 2 atom stereocenters. The van der Waals surface area contributed by atoms with E-state index >= 15 is 0 Å². The molecule has 1 heterocycles. The molecule has 0 aromatic heterocycles. The second-order valence-corrected chi connectivity index (χ2v) is 5.99. The van der Waals surface area contributed by atoms with Crippen molar-refractivity contribution in [3.63, 3.8) is 0 Å². The minimum Gasteiger partial charge on any atom is -0.481 e. The van der Waals surface area contributed by atoms with Gasteiger partial charge in [0, 0.05) is 6.54 Å². The van der Waals surface area contributed by atoms with E-state index < -0.39 is 11.4 Å². The average Bonchev–Trinajstić information content (AvgIpc) is 2.80. The van der Waals surface area contributed by atoms with Gasteiger partial charge in [0.2, 0.25) is 0 Å². The molecule has 1 aromatic carbocycles. The first-order valence-electron chi connectivity index (χ1n) is 7.02. The molecule has 0 bridgehead atoms. The molecule has 1 N–H and O–H groups in total. The van der Waals surface area contributed by atoms with Crippen LogP contribution in [0.15, 0.2) is 30.3 Å². The lowest BCUT2D eigenvalue weighted by molar-refractivity contribution is -0.147. The van der Waals surface area contributed by atoms with Crippen LogP contribution < -0.4 is 0 Å². The molecule has 0 spiro atoms. The van der Waals surface area contributed by atoms with Crippen LogP contribution in [-0.4, -0.2) is 35.6 Å². The van der Waals surface area contributed by atoms with Gasteiger partial charge < -0.3 is 10.0 Å². The maximum atomic E-state index is 11.2. The van der Waals surface area contributed by atoms with Crippen molar-refractivity contribution in [3.05, 3.63) is 35.9 Å². The second kappa shape index (κ2) is 5.74. The van der Waals surface area contributed by atoms with Gasteiger partial charge in [0.25, 0.3) is 0 Å². The van der Waals surface area contributed by atoms with Crippen LogP contribution in [0.4, 0.5) is 0 Å². The number of rotatable bonds is 5. The van der Waals surface area contributed by atoms with Crippen molar-refractivity contribution in [2.75, 3.05) is 19.6 Å². The Labute approximate surface area is 115 Å². The molecule has 0 radical (unpaired) electrons. The molecule has 0 saturated carbocycles. The standard InChI is InChI=1S/C16H23NO2/c1-13(14-6-4-3-5-7-14)8-10-17-11-9-16(2,12-17)15(18)19/h3-7,13H,8-12H2,1-2H3,(H,18,19). The first-order chi connectivity index (χ1) is 9.01. The van der Waals surface area contributed by atoms with Crippen molar-refractivity contribution in [1.29, 1.82) is 0 Å². The van der Waals surface area contributed by atoms with E-state index in [1.165, 1.54) is 5.56 Å². The number of hydrogen-bond acceptors (Lipinski definition) is 2. The summed E-state index contributed by atoms with van der Waals surface area (Å²) in [6.45, 7) is 6.67. The van der Waals surface area contributed by atoms with E-state index in [4.69, 9.17) is 0 Å². The van der Waals surface area contributed by atoms with Crippen LogP contribution in [0.25, 0.3) is 0 Å². The zero-order valence-corrected chi connectivity index (χ0v) is 11.8. The van der Waals surface area contributed by atoms with Gasteiger partial charge in [-0.05, 0) is 44.3 Å². The summed E-state index contributed by atoms with van der Waals surface area (Å²) in [5.74, 6) is -0.135. The van der Waals surface area contributed by atoms with Crippen molar-refractivity contribution >= 4 is 5.97 Å². The summed E-state index contributed by atoms with van der Waals surface area (Å²) in [7, 11) is 0. The van der Waals surface area contributed by atoms with E-state index in [9.17, 15) is 9.90 Å². The quantitative estimate of drug-likeness (QED) is 0.886. The van der Waals surface area contributed by atoms with Crippen molar-refractivity contribution in [3.8, 4) is 0 Å². The Hall–Kier alpha value is -1.35. The summed E-state index contributed by atoms with van der Waals surface area (Å²) in [6, 6.07) is 10.5. The number of benzene rings is 1. The van der Waals surface area contributed by atoms with Gasteiger partial charge >= 0.3 is 5.97 Å².